The van der Waals surface area contributed by atoms with Crippen molar-refractivity contribution < 1.29 is 14.9 Å². The van der Waals surface area contributed by atoms with E-state index in [-0.39, 0.29) is 0 Å². The minimum absolute atomic E-state index is 0.652. The van der Waals surface area contributed by atoms with Crippen molar-refractivity contribution in [2.75, 3.05) is 0 Å². The molecule has 1 aliphatic rings. The number of H-pyrrole nitrogens is 1. The Morgan fingerprint density at radius 2 is 2.12 bits per heavy atom. The summed E-state index contributed by atoms with van der Waals surface area (Å²) in [6, 6.07) is 0. The highest BCUT2D eigenvalue weighted by molar-refractivity contribution is 4.90. The molecule has 1 radical (unpaired) electrons. The summed E-state index contributed by atoms with van der Waals surface area (Å²) in [6.45, 7) is 3.44. The van der Waals surface area contributed by atoms with Gasteiger partial charge >= 0.3 is 5.69 Å². The van der Waals surface area contributed by atoms with Crippen molar-refractivity contribution in [1.29, 1.82) is 0 Å². The zero-order valence-electron chi connectivity index (χ0n) is 8.11. The molecule has 1 aliphatic heterocycles. The molecule has 0 amide bonds. The SMILES string of the molecule is [CH2][C@H]1O[C@@H](n2ncc(=O)[nH]c2=O)[C@H](O)[C@@H]1O. The van der Waals surface area contributed by atoms with Crippen molar-refractivity contribution in [2.24, 2.45) is 0 Å². The zero-order valence-corrected chi connectivity index (χ0v) is 8.11. The largest absolute Gasteiger partial charge is 0.388 e. The second-order valence-corrected chi connectivity index (χ2v) is 3.43. The lowest BCUT2D eigenvalue weighted by Crippen LogP contribution is -2.39. The van der Waals surface area contributed by atoms with E-state index in [0.29, 0.717) is 0 Å². The monoisotopic (exact) mass is 228 g/mol. The van der Waals surface area contributed by atoms with Gasteiger partial charge in [0.1, 0.15) is 18.4 Å². The number of hydrogen-bond donors (Lipinski definition) is 3. The van der Waals surface area contributed by atoms with Crippen LogP contribution in [0.1, 0.15) is 6.23 Å². The molecule has 8 heteroatoms. The third kappa shape index (κ3) is 1.66. The molecule has 1 aromatic rings. The van der Waals surface area contributed by atoms with Crippen LogP contribution in [0.15, 0.2) is 15.8 Å². The van der Waals surface area contributed by atoms with Gasteiger partial charge in [0.05, 0.1) is 6.10 Å². The van der Waals surface area contributed by atoms with Crippen LogP contribution in [0.5, 0.6) is 0 Å². The van der Waals surface area contributed by atoms with E-state index >= 15 is 0 Å². The van der Waals surface area contributed by atoms with Crippen LogP contribution in [0.2, 0.25) is 0 Å². The molecule has 0 saturated carbocycles. The van der Waals surface area contributed by atoms with E-state index in [1.54, 1.807) is 0 Å². The van der Waals surface area contributed by atoms with E-state index < -0.39 is 35.8 Å². The van der Waals surface area contributed by atoms with Crippen LogP contribution in [-0.2, 0) is 4.74 Å². The number of ether oxygens (including phenoxy) is 1. The summed E-state index contributed by atoms with van der Waals surface area (Å²) in [5.74, 6) is 0. The van der Waals surface area contributed by atoms with Crippen molar-refractivity contribution in [3.05, 3.63) is 34.0 Å². The average Bonchev–Trinajstić information content (AvgIpc) is 2.46. The Labute approximate surface area is 89.1 Å². The van der Waals surface area contributed by atoms with Crippen molar-refractivity contribution in [1.82, 2.24) is 14.8 Å². The van der Waals surface area contributed by atoms with E-state index in [4.69, 9.17) is 4.74 Å². The maximum Gasteiger partial charge on any atom is 0.347 e. The summed E-state index contributed by atoms with van der Waals surface area (Å²) < 4.78 is 5.81. The Morgan fingerprint density at radius 3 is 2.62 bits per heavy atom. The maximum absolute atomic E-state index is 11.3. The fourth-order valence-corrected chi connectivity index (χ4v) is 1.47. The van der Waals surface area contributed by atoms with Gasteiger partial charge in [-0.3, -0.25) is 9.78 Å². The lowest BCUT2D eigenvalue weighted by Gasteiger charge is -2.14. The highest BCUT2D eigenvalue weighted by Crippen LogP contribution is 2.26. The third-order valence-corrected chi connectivity index (χ3v) is 2.32. The number of aliphatic hydroxyl groups is 2. The minimum Gasteiger partial charge on any atom is -0.388 e. The summed E-state index contributed by atoms with van der Waals surface area (Å²) >= 11 is 0. The van der Waals surface area contributed by atoms with Gasteiger partial charge in [0, 0.05) is 0 Å². The number of aromatic amines is 1. The highest BCUT2D eigenvalue weighted by Gasteiger charge is 2.42. The van der Waals surface area contributed by atoms with E-state index in [2.05, 4.69) is 12.0 Å². The van der Waals surface area contributed by atoms with E-state index in [9.17, 15) is 19.8 Å². The molecule has 2 rings (SSSR count). The summed E-state index contributed by atoms with van der Waals surface area (Å²) in [7, 11) is 0. The molecule has 0 aliphatic carbocycles. The normalized spacial score (nSPS) is 34.2. The van der Waals surface area contributed by atoms with Gasteiger partial charge in [-0.2, -0.15) is 9.78 Å². The number of nitrogens with one attached hydrogen (secondary N) is 1. The Kier molecular flexibility index (Phi) is 2.62. The Morgan fingerprint density at radius 1 is 1.44 bits per heavy atom. The van der Waals surface area contributed by atoms with Gasteiger partial charge in [-0.25, -0.2) is 4.79 Å². The number of aliphatic hydroxyl groups excluding tert-OH is 2. The molecular weight excluding hydrogens is 218 g/mol. The maximum atomic E-state index is 11.3. The van der Waals surface area contributed by atoms with Gasteiger partial charge in [-0.15, -0.1) is 0 Å². The van der Waals surface area contributed by atoms with Crippen LogP contribution in [0.4, 0.5) is 0 Å². The number of nitrogens with zero attached hydrogens (tertiary/aromatic N) is 2. The summed E-state index contributed by atoms with van der Waals surface area (Å²) in [5.41, 5.74) is -1.47. The smallest absolute Gasteiger partial charge is 0.347 e. The topological polar surface area (TPSA) is 117 Å². The standard InChI is InChI=1S/C8H10N3O5/c1-3-5(13)6(14)7(16-3)11-8(15)10-4(12)2-9-11/h2-3,5-7,13-14H,1H2,(H,10,12,15)/t3-,5-,6-,7-/m1/s1. The lowest BCUT2D eigenvalue weighted by molar-refractivity contribution is -0.0389. The molecule has 3 N–H and O–H groups in total. The van der Waals surface area contributed by atoms with Crippen LogP contribution in [-0.4, -0.2) is 43.3 Å². The summed E-state index contributed by atoms with van der Waals surface area (Å²) in [4.78, 5) is 24.1. The van der Waals surface area contributed by atoms with E-state index in [1.165, 1.54) is 0 Å². The first-order valence-corrected chi connectivity index (χ1v) is 4.53. The molecule has 0 spiro atoms. The second kappa shape index (κ2) is 3.81. The van der Waals surface area contributed by atoms with Gasteiger partial charge < -0.3 is 14.9 Å². The second-order valence-electron chi connectivity index (χ2n) is 3.43. The quantitative estimate of drug-likeness (QED) is 0.484. The van der Waals surface area contributed by atoms with Gasteiger partial charge in [-0.05, 0) is 6.92 Å². The molecule has 4 atom stereocenters. The van der Waals surface area contributed by atoms with Gasteiger partial charge in [0.15, 0.2) is 6.23 Å². The van der Waals surface area contributed by atoms with Crippen LogP contribution in [0.25, 0.3) is 0 Å². The number of hydrogen-bond acceptors (Lipinski definition) is 6. The first-order valence-electron chi connectivity index (χ1n) is 4.53. The lowest BCUT2D eigenvalue weighted by atomic mass is 10.1. The molecule has 1 saturated heterocycles. The molecule has 8 nitrogen and oxygen atoms in total. The summed E-state index contributed by atoms with van der Waals surface area (Å²) in [5, 5.41) is 22.5. The van der Waals surface area contributed by atoms with Gasteiger partial charge in [0.25, 0.3) is 5.56 Å². The van der Waals surface area contributed by atoms with E-state index in [1.807, 2.05) is 4.98 Å². The van der Waals surface area contributed by atoms with Crippen LogP contribution in [0, 0.1) is 6.92 Å². The van der Waals surface area contributed by atoms with Crippen molar-refractivity contribution in [2.45, 2.75) is 24.5 Å². The molecule has 16 heavy (non-hydrogen) atoms. The third-order valence-electron chi connectivity index (χ3n) is 2.32. The number of rotatable bonds is 1. The van der Waals surface area contributed by atoms with Crippen molar-refractivity contribution in [3.8, 4) is 0 Å². The van der Waals surface area contributed by atoms with Gasteiger partial charge in [0.2, 0.25) is 0 Å². The first-order chi connectivity index (χ1) is 7.50. The average molecular weight is 228 g/mol. The van der Waals surface area contributed by atoms with E-state index in [0.717, 1.165) is 10.9 Å². The predicted octanol–water partition coefficient (Wildman–Crippen LogP) is -2.62. The molecule has 0 aromatic carbocycles. The number of aromatic nitrogens is 3. The first kappa shape index (κ1) is 11.0. The van der Waals surface area contributed by atoms with Gasteiger partial charge in [-0.1, -0.05) is 0 Å². The Hall–Kier alpha value is -1.51. The Balaban J connectivity index is 2.39. The molecule has 1 fully saturated rings. The van der Waals surface area contributed by atoms with Crippen LogP contribution >= 0.6 is 0 Å². The fraction of sp³-hybridized carbons (Fsp3) is 0.500. The summed E-state index contributed by atoms with van der Waals surface area (Å²) in [6.07, 6.45) is -3.66. The minimum atomic E-state index is -1.32. The molecule has 1 aromatic heterocycles. The Bertz CT molecular complexity index is 495. The van der Waals surface area contributed by atoms with Crippen molar-refractivity contribution >= 4 is 0 Å². The molecule has 0 bridgehead atoms. The highest BCUT2D eigenvalue weighted by atomic mass is 16.6. The molecule has 2 heterocycles. The zero-order chi connectivity index (χ0) is 11.9. The molecule has 0 unspecified atom stereocenters. The predicted molar refractivity (Wildman–Crippen MR) is 50.4 cm³/mol. The van der Waals surface area contributed by atoms with Crippen LogP contribution in [0.3, 0.4) is 0 Å². The molecule has 87 valence electrons. The molecular formula is C8H10N3O5. The fourth-order valence-electron chi connectivity index (χ4n) is 1.47. The van der Waals surface area contributed by atoms with Crippen molar-refractivity contribution in [3.63, 3.8) is 0 Å². The van der Waals surface area contributed by atoms with Crippen LogP contribution < -0.4 is 11.2 Å².